The number of hydrogen-bond donors (Lipinski definition) is 1. The van der Waals surface area contributed by atoms with E-state index >= 15 is 0 Å². The number of benzene rings is 1. The molecule has 0 unspecified atom stereocenters. The zero-order valence-corrected chi connectivity index (χ0v) is 12.3. The molecule has 1 N–H and O–H groups in total. The fourth-order valence-corrected chi connectivity index (χ4v) is 3.63. The van der Waals surface area contributed by atoms with Crippen LogP contribution in [0.5, 0.6) is 0 Å². The van der Waals surface area contributed by atoms with Crippen LogP contribution in [-0.4, -0.2) is 9.97 Å². The first-order chi connectivity index (χ1) is 7.66. The molecule has 1 aromatic carbocycles. The van der Waals surface area contributed by atoms with Gasteiger partial charge in [0.15, 0.2) is 0 Å². The quantitative estimate of drug-likeness (QED) is 0.570. The maximum atomic E-state index is 4.31. The minimum atomic E-state index is 1.04. The highest BCUT2D eigenvalue weighted by molar-refractivity contribution is 14.1. The number of nitrogens with one attached hydrogen (secondary N) is 1. The summed E-state index contributed by atoms with van der Waals surface area (Å²) in [5.41, 5.74) is 3.36. The van der Waals surface area contributed by atoms with Gasteiger partial charge in [0, 0.05) is 25.0 Å². The van der Waals surface area contributed by atoms with Crippen LogP contribution in [0.3, 0.4) is 0 Å². The van der Waals surface area contributed by atoms with Crippen molar-refractivity contribution in [1.82, 2.24) is 9.97 Å². The number of hydrogen-bond acceptors (Lipinski definition) is 1. The molecule has 0 radical (unpaired) electrons. The van der Waals surface area contributed by atoms with Gasteiger partial charge in [-0.15, -0.1) is 0 Å². The lowest BCUT2D eigenvalue weighted by atomic mass is 10.2. The van der Waals surface area contributed by atoms with Gasteiger partial charge in [-0.2, -0.15) is 0 Å². The molecule has 0 aliphatic carbocycles. The Balaban J connectivity index is 2.61. The van der Waals surface area contributed by atoms with E-state index in [1.165, 1.54) is 19.9 Å². The summed E-state index contributed by atoms with van der Waals surface area (Å²) >= 11 is 5.89. The first-order valence-electron chi connectivity index (χ1n) is 4.89. The fraction of sp³-hybridized carbons (Fsp3) is 0.0833. The Morgan fingerprint density at radius 3 is 2.88 bits per heavy atom. The average molecular weight is 387 g/mol. The molecule has 0 saturated heterocycles. The second-order valence-electron chi connectivity index (χ2n) is 3.75. The van der Waals surface area contributed by atoms with E-state index in [-0.39, 0.29) is 0 Å². The topological polar surface area (TPSA) is 28.7 Å². The summed E-state index contributed by atoms with van der Waals surface area (Å²) in [4.78, 5) is 7.76. The molecule has 2 heterocycles. The third kappa shape index (κ3) is 1.47. The van der Waals surface area contributed by atoms with Crippen molar-refractivity contribution >= 4 is 60.3 Å². The molecular formula is C12H8BrIN2. The number of halogens is 2. The van der Waals surface area contributed by atoms with Crippen molar-refractivity contribution in [2.45, 2.75) is 6.92 Å². The number of aromatic nitrogens is 2. The van der Waals surface area contributed by atoms with Gasteiger partial charge in [-0.3, -0.25) is 4.98 Å². The van der Waals surface area contributed by atoms with Crippen LogP contribution in [0.1, 0.15) is 5.69 Å². The number of rotatable bonds is 0. The van der Waals surface area contributed by atoms with Gasteiger partial charge in [-0.25, -0.2) is 0 Å². The van der Waals surface area contributed by atoms with Gasteiger partial charge in [-0.1, -0.05) is 15.9 Å². The van der Waals surface area contributed by atoms with E-state index in [0.717, 1.165) is 15.7 Å². The van der Waals surface area contributed by atoms with Gasteiger partial charge in [-0.05, 0) is 47.7 Å². The molecule has 0 amide bonds. The number of H-pyrrole nitrogens is 1. The maximum Gasteiger partial charge on any atom is 0.0681 e. The van der Waals surface area contributed by atoms with E-state index in [0.29, 0.717) is 0 Å². The lowest BCUT2D eigenvalue weighted by Crippen LogP contribution is -1.80. The van der Waals surface area contributed by atoms with Crippen molar-refractivity contribution in [2.75, 3.05) is 0 Å². The fourth-order valence-electron chi connectivity index (χ4n) is 1.99. The monoisotopic (exact) mass is 386 g/mol. The molecular weight excluding hydrogens is 379 g/mol. The Hall–Kier alpha value is -0.620. The van der Waals surface area contributed by atoms with Crippen LogP contribution in [0.25, 0.3) is 21.8 Å². The van der Waals surface area contributed by atoms with Crippen LogP contribution < -0.4 is 0 Å². The van der Waals surface area contributed by atoms with Crippen molar-refractivity contribution in [1.29, 1.82) is 0 Å². The minimum Gasteiger partial charge on any atom is -0.352 e. The van der Waals surface area contributed by atoms with Crippen LogP contribution in [0.2, 0.25) is 0 Å². The molecule has 3 aromatic rings. The third-order valence-corrected chi connectivity index (χ3v) is 4.04. The second kappa shape index (κ2) is 3.70. The van der Waals surface area contributed by atoms with Crippen LogP contribution in [-0.2, 0) is 0 Å². The Morgan fingerprint density at radius 1 is 1.25 bits per heavy atom. The lowest BCUT2D eigenvalue weighted by Gasteiger charge is -1.96. The molecule has 0 aliphatic rings. The molecule has 2 aromatic heterocycles. The molecule has 3 rings (SSSR count). The smallest absolute Gasteiger partial charge is 0.0681 e. The van der Waals surface area contributed by atoms with E-state index < -0.39 is 0 Å². The van der Waals surface area contributed by atoms with Gasteiger partial charge in [0.05, 0.1) is 16.7 Å². The minimum absolute atomic E-state index is 1.04. The highest BCUT2D eigenvalue weighted by Gasteiger charge is 2.09. The van der Waals surface area contributed by atoms with Crippen molar-refractivity contribution in [3.8, 4) is 0 Å². The summed E-state index contributed by atoms with van der Waals surface area (Å²) in [5.74, 6) is 0. The first-order valence-corrected chi connectivity index (χ1v) is 6.76. The van der Waals surface area contributed by atoms with E-state index in [2.05, 4.69) is 66.7 Å². The van der Waals surface area contributed by atoms with Gasteiger partial charge in [0.25, 0.3) is 0 Å². The number of nitrogens with zero attached hydrogens (tertiary/aromatic N) is 1. The molecule has 80 valence electrons. The summed E-state index contributed by atoms with van der Waals surface area (Å²) in [6.07, 6.45) is 1.86. The molecule has 4 heteroatoms. The zero-order chi connectivity index (χ0) is 11.3. The number of aryl methyl sites for hydroxylation is 1. The molecule has 0 spiro atoms. The van der Waals surface area contributed by atoms with Gasteiger partial charge < -0.3 is 4.98 Å². The van der Waals surface area contributed by atoms with E-state index in [1.807, 2.05) is 13.1 Å². The van der Waals surface area contributed by atoms with Gasteiger partial charge >= 0.3 is 0 Å². The maximum absolute atomic E-state index is 4.31. The summed E-state index contributed by atoms with van der Waals surface area (Å²) in [7, 11) is 0. The summed E-state index contributed by atoms with van der Waals surface area (Å²) in [6, 6.07) is 6.32. The molecule has 2 nitrogen and oxygen atoms in total. The predicted octanol–water partition coefficient (Wildman–Crippen LogP) is 4.39. The third-order valence-electron chi connectivity index (χ3n) is 2.74. The van der Waals surface area contributed by atoms with E-state index in [1.54, 1.807) is 0 Å². The van der Waals surface area contributed by atoms with Crippen LogP contribution in [0.4, 0.5) is 0 Å². The average Bonchev–Trinajstić information content (AvgIpc) is 2.59. The first kappa shape index (κ1) is 10.5. The molecule has 16 heavy (non-hydrogen) atoms. The van der Waals surface area contributed by atoms with Crippen LogP contribution in [0, 0.1) is 10.5 Å². The Kier molecular flexibility index (Phi) is 2.43. The van der Waals surface area contributed by atoms with Gasteiger partial charge in [0.1, 0.15) is 0 Å². The van der Waals surface area contributed by atoms with Crippen molar-refractivity contribution < 1.29 is 0 Å². The molecule has 0 bridgehead atoms. The molecule has 0 aliphatic heterocycles. The lowest BCUT2D eigenvalue weighted by molar-refractivity contribution is 1.22. The van der Waals surface area contributed by atoms with E-state index in [4.69, 9.17) is 0 Å². The largest absolute Gasteiger partial charge is 0.352 e. The van der Waals surface area contributed by atoms with Gasteiger partial charge in [0.2, 0.25) is 0 Å². The van der Waals surface area contributed by atoms with Crippen molar-refractivity contribution in [3.63, 3.8) is 0 Å². The summed E-state index contributed by atoms with van der Waals surface area (Å²) in [5, 5.41) is 2.49. The molecule has 0 atom stereocenters. The number of pyridine rings is 1. The standard InChI is InChI=1S/C12H8BrIN2/c1-6-11-8(2-3-15-6)9-4-7(13)5-10(14)12(9)16-11/h2-5,16H,1H3. The highest BCUT2D eigenvalue weighted by atomic mass is 127. The Morgan fingerprint density at radius 2 is 2.06 bits per heavy atom. The highest BCUT2D eigenvalue weighted by Crippen LogP contribution is 2.32. The number of fused-ring (bicyclic) bond motifs is 3. The number of aromatic amines is 1. The Bertz CT molecular complexity index is 703. The second-order valence-corrected chi connectivity index (χ2v) is 5.83. The molecule has 0 fully saturated rings. The van der Waals surface area contributed by atoms with E-state index in [9.17, 15) is 0 Å². The summed E-state index contributed by atoms with van der Waals surface area (Å²) < 4.78 is 2.33. The van der Waals surface area contributed by atoms with Crippen LogP contribution in [0.15, 0.2) is 28.9 Å². The normalized spacial score (nSPS) is 11.4. The SMILES string of the molecule is Cc1nccc2c1[nH]c1c(I)cc(Br)cc12. The van der Waals surface area contributed by atoms with Crippen molar-refractivity contribution in [2.24, 2.45) is 0 Å². The summed E-state index contributed by atoms with van der Waals surface area (Å²) in [6.45, 7) is 2.03. The van der Waals surface area contributed by atoms with Crippen molar-refractivity contribution in [3.05, 3.63) is 38.1 Å². The predicted molar refractivity (Wildman–Crippen MR) is 78.8 cm³/mol. The zero-order valence-electron chi connectivity index (χ0n) is 8.51. The Labute approximate surface area is 115 Å². The molecule has 0 saturated carbocycles. The van der Waals surface area contributed by atoms with Crippen LogP contribution >= 0.6 is 38.5 Å².